The average Bonchev–Trinajstić information content (AvgIpc) is 2.76. The predicted octanol–water partition coefficient (Wildman–Crippen LogP) is 4.22. The minimum atomic E-state index is -0.259. The molecule has 1 heterocycles. The third-order valence-corrected chi connectivity index (χ3v) is 3.82. The maximum atomic E-state index is 13.5. The number of anilines is 1. The van der Waals surface area contributed by atoms with E-state index in [1.165, 1.54) is 6.07 Å². The Kier molecular flexibility index (Phi) is 3.56. The maximum absolute atomic E-state index is 13.5. The minimum absolute atomic E-state index is 0.0423. The fraction of sp³-hybridized carbons (Fsp3) is 0.182. The van der Waals surface area contributed by atoms with Crippen molar-refractivity contribution in [1.29, 1.82) is 0 Å². The van der Waals surface area contributed by atoms with Crippen LogP contribution in [0.3, 0.4) is 0 Å². The van der Waals surface area contributed by atoms with Crippen LogP contribution in [0.2, 0.25) is 0 Å². The van der Waals surface area contributed by atoms with E-state index in [-0.39, 0.29) is 11.9 Å². The minimum Gasteiger partial charge on any atom is -0.374 e. The molecule has 2 nitrogen and oxygen atoms in total. The Labute approximate surface area is 106 Å². The van der Waals surface area contributed by atoms with Gasteiger partial charge in [-0.2, -0.15) is 0 Å². The number of hydrogen-bond acceptors (Lipinski definition) is 3. The summed E-state index contributed by atoms with van der Waals surface area (Å²) in [6.07, 6.45) is 1.79. The van der Waals surface area contributed by atoms with Crippen LogP contribution in [0.25, 0.3) is 0 Å². The molecule has 16 heavy (non-hydrogen) atoms. The molecule has 0 aliphatic rings. The van der Waals surface area contributed by atoms with E-state index in [0.29, 0.717) is 5.69 Å². The molecular formula is C11H10BrFN2S. The van der Waals surface area contributed by atoms with Gasteiger partial charge in [-0.05, 0) is 35.0 Å². The Morgan fingerprint density at radius 3 is 2.94 bits per heavy atom. The fourth-order valence-electron chi connectivity index (χ4n) is 1.36. The third-order valence-electron chi connectivity index (χ3n) is 2.20. The highest BCUT2D eigenvalue weighted by atomic mass is 79.9. The Morgan fingerprint density at radius 2 is 2.31 bits per heavy atom. The largest absolute Gasteiger partial charge is 0.374 e. The first-order valence-electron chi connectivity index (χ1n) is 4.77. The topological polar surface area (TPSA) is 24.9 Å². The quantitative estimate of drug-likeness (QED) is 0.918. The molecule has 0 radical (unpaired) electrons. The number of nitrogens with zero attached hydrogens (tertiary/aromatic N) is 1. The van der Waals surface area contributed by atoms with Gasteiger partial charge in [0.25, 0.3) is 0 Å². The Morgan fingerprint density at radius 1 is 1.50 bits per heavy atom. The van der Waals surface area contributed by atoms with Crippen LogP contribution in [0.15, 0.2) is 34.4 Å². The first-order valence-corrected chi connectivity index (χ1v) is 6.44. The molecule has 1 unspecified atom stereocenters. The molecule has 0 aliphatic heterocycles. The summed E-state index contributed by atoms with van der Waals surface area (Å²) >= 11 is 4.87. The summed E-state index contributed by atoms with van der Waals surface area (Å²) in [6.45, 7) is 1.98. The molecule has 0 saturated carbocycles. The number of para-hydroxylation sites is 1. The molecule has 0 aliphatic carbocycles. The number of hydrogen-bond donors (Lipinski definition) is 1. The summed E-state index contributed by atoms with van der Waals surface area (Å²) in [7, 11) is 0. The van der Waals surface area contributed by atoms with Crippen molar-refractivity contribution in [3.05, 3.63) is 45.1 Å². The van der Waals surface area contributed by atoms with E-state index in [0.717, 1.165) is 9.35 Å². The van der Waals surface area contributed by atoms with E-state index in [4.69, 9.17) is 0 Å². The van der Waals surface area contributed by atoms with Crippen molar-refractivity contribution in [3.63, 3.8) is 0 Å². The van der Waals surface area contributed by atoms with Crippen LogP contribution in [-0.4, -0.2) is 4.98 Å². The zero-order valence-corrected chi connectivity index (χ0v) is 11.0. The molecule has 2 aromatic rings. The van der Waals surface area contributed by atoms with Gasteiger partial charge in [0.2, 0.25) is 0 Å². The summed E-state index contributed by atoms with van der Waals surface area (Å²) in [4.78, 5) is 5.08. The molecule has 0 spiro atoms. The molecule has 0 saturated heterocycles. The lowest BCUT2D eigenvalue weighted by Crippen LogP contribution is -2.07. The Bertz CT molecular complexity index is 453. The van der Waals surface area contributed by atoms with Crippen LogP contribution >= 0.6 is 27.3 Å². The lowest BCUT2D eigenvalue weighted by molar-refractivity contribution is 0.627. The molecule has 0 amide bonds. The van der Waals surface area contributed by atoms with E-state index in [1.54, 1.807) is 29.1 Å². The fourth-order valence-corrected chi connectivity index (χ4v) is 2.45. The summed E-state index contributed by atoms with van der Waals surface area (Å²) in [5.74, 6) is -0.259. The van der Waals surface area contributed by atoms with Crippen LogP contribution in [0.4, 0.5) is 10.1 Å². The highest BCUT2D eigenvalue weighted by Gasteiger charge is 2.11. The third kappa shape index (κ3) is 2.41. The first-order chi connectivity index (χ1) is 7.68. The zero-order valence-electron chi connectivity index (χ0n) is 8.58. The summed E-state index contributed by atoms with van der Waals surface area (Å²) in [5.41, 5.74) is 2.26. The highest BCUT2D eigenvalue weighted by Crippen LogP contribution is 2.29. The van der Waals surface area contributed by atoms with Gasteiger partial charge in [-0.25, -0.2) is 4.39 Å². The molecule has 1 aromatic heterocycles. The summed E-state index contributed by atoms with van der Waals surface area (Å²) < 4.78 is 14.3. The van der Waals surface area contributed by atoms with Gasteiger partial charge in [-0.1, -0.05) is 6.07 Å². The second-order valence-electron chi connectivity index (χ2n) is 3.37. The Hall–Kier alpha value is -0.940. The lowest BCUT2D eigenvalue weighted by Gasteiger charge is -2.15. The van der Waals surface area contributed by atoms with Crippen molar-refractivity contribution >= 4 is 33.0 Å². The summed E-state index contributed by atoms with van der Waals surface area (Å²) in [5, 5.41) is 3.13. The van der Waals surface area contributed by atoms with Crippen LogP contribution in [-0.2, 0) is 0 Å². The molecule has 1 N–H and O–H groups in total. The van der Waals surface area contributed by atoms with Crippen molar-refractivity contribution in [2.45, 2.75) is 13.0 Å². The van der Waals surface area contributed by atoms with E-state index >= 15 is 0 Å². The monoisotopic (exact) mass is 300 g/mol. The second kappa shape index (κ2) is 4.93. The summed E-state index contributed by atoms with van der Waals surface area (Å²) in [6, 6.07) is 4.96. The van der Waals surface area contributed by atoms with Gasteiger partial charge < -0.3 is 5.32 Å². The smallest absolute Gasteiger partial charge is 0.147 e. The first kappa shape index (κ1) is 11.5. The van der Waals surface area contributed by atoms with E-state index in [1.807, 2.05) is 13.0 Å². The highest BCUT2D eigenvalue weighted by molar-refractivity contribution is 9.10. The van der Waals surface area contributed by atoms with E-state index in [9.17, 15) is 4.39 Å². The van der Waals surface area contributed by atoms with Gasteiger partial charge in [-0.15, -0.1) is 11.3 Å². The number of halogens is 2. The van der Waals surface area contributed by atoms with Crippen molar-refractivity contribution in [2.24, 2.45) is 0 Å². The van der Waals surface area contributed by atoms with E-state index in [2.05, 4.69) is 26.2 Å². The molecule has 1 atom stereocenters. The van der Waals surface area contributed by atoms with Crippen molar-refractivity contribution in [1.82, 2.24) is 4.98 Å². The van der Waals surface area contributed by atoms with Crippen LogP contribution < -0.4 is 5.32 Å². The number of benzene rings is 1. The molecule has 2 rings (SSSR count). The average molecular weight is 301 g/mol. The Balaban J connectivity index is 2.21. The van der Waals surface area contributed by atoms with Crippen molar-refractivity contribution in [3.8, 4) is 0 Å². The zero-order chi connectivity index (χ0) is 11.5. The lowest BCUT2D eigenvalue weighted by atomic mass is 10.2. The van der Waals surface area contributed by atoms with Crippen LogP contribution in [0.5, 0.6) is 0 Å². The maximum Gasteiger partial charge on any atom is 0.147 e. The van der Waals surface area contributed by atoms with Gasteiger partial charge >= 0.3 is 0 Å². The van der Waals surface area contributed by atoms with Crippen molar-refractivity contribution < 1.29 is 4.39 Å². The number of rotatable bonds is 3. The van der Waals surface area contributed by atoms with Gasteiger partial charge in [0, 0.05) is 15.5 Å². The SMILES string of the molecule is CC(Nc1c(F)cccc1Br)c1cncs1. The standard InChI is InChI=1S/C11H10BrFN2S/c1-7(10-5-14-6-16-10)15-11-8(12)3-2-4-9(11)13/h2-7,15H,1H3. The number of aromatic nitrogens is 1. The molecule has 0 bridgehead atoms. The van der Waals surface area contributed by atoms with Gasteiger partial charge in [0.15, 0.2) is 0 Å². The van der Waals surface area contributed by atoms with Crippen LogP contribution in [0, 0.1) is 5.82 Å². The molecule has 0 fully saturated rings. The molecule has 5 heteroatoms. The second-order valence-corrected chi connectivity index (χ2v) is 5.14. The molecule has 84 valence electrons. The van der Waals surface area contributed by atoms with Gasteiger partial charge in [0.05, 0.1) is 17.2 Å². The predicted molar refractivity (Wildman–Crippen MR) is 68.3 cm³/mol. The van der Waals surface area contributed by atoms with Crippen LogP contribution in [0.1, 0.15) is 17.8 Å². The number of nitrogens with one attached hydrogen (secondary N) is 1. The molecule has 1 aromatic carbocycles. The normalized spacial score (nSPS) is 12.4. The van der Waals surface area contributed by atoms with E-state index < -0.39 is 0 Å². The van der Waals surface area contributed by atoms with Crippen molar-refractivity contribution in [2.75, 3.05) is 5.32 Å². The van der Waals surface area contributed by atoms with Gasteiger partial charge in [-0.3, -0.25) is 4.98 Å². The number of thiazole rings is 1. The molecular weight excluding hydrogens is 291 g/mol. The van der Waals surface area contributed by atoms with Gasteiger partial charge in [0.1, 0.15) is 5.82 Å².